The second kappa shape index (κ2) is 5.97. The van der Waals surface area contributed by atoms with Crippen LogP contribution in [0.1, 0.15) is 38.7 Å². The molecule has 1 aliphatic heterocycles. The molecule has 3 nitrogen and oxygen atoms in total. The monoisotopic (exact) mass is 258 g/mol. The highest BCUT2D eigenvalue weighted by atomic mass is 16.5. The van der Waals surface area contributed by atoms with Crippen LogP contribution in [0.4, 0.5) is 5.69 Å². The fourth-order valence-corrected chi connectivity index (χ4v) is 2.35. The number of aryl methyl sites for hydroxylation is 1. The molecule has 0 spiro atoms. The van der Waals surface area contributed by atoms with Crippen molar-refractivity contribution in [2.75, 3.05) is 18.5 Å². The Hall–Kier alpha value is -1.69. The third-order valence-electron chi connectivity index (χ3n) is 3.54. The molecule has 0 fully saturated rings. The number of anilines is 1. The molecule has 1 aromatic rings. The van der Waals surface area contributed by atoms with Gasteiger partial charge in [-0.1, -0.05) is 12.1 Å². The lowest BCUT2D eigenvalue weighted by molar-refractivity contribution is 0.285. The molecule has 0 radical (unpaired) electrons. The average Bonchev–Trinajstić information content (AvgIpc) is 2.44. The van der Waals surface area contributed by atoms with E-state index in [2.05, 4.69) is 23.5 Å². The first kappa shape index (κ1) is 13.7. The molecule has 1 heterocycles. The van der Waals surface area contributed by atoms with Crippen molar-refractivity contribution in [3.8, 4) is 11.8 Å². The topological polar surface area (TPSA) is 45.0 Å². The highest BCUT2D eigenvalue weighted by Gasteiger charge is 2.16. The fraction of sp³-hybridized carbons (Fsp3) is 0.562. The predicted octanol–water partition coefficient (Wildman–Crippen LogP) is 3.75. The van der Waals surface area contributed by atoms with Crippen LogP contribution in [-0.2, 0) is 6.42 Å². The smallest absolute Gasteiger partial charge is 0.142 e. The van der Waals surface area contributed by atoms with E-state index < -0.39 is 0 Å². The second-order valence-electron chi connectivity index (χ2n) is 5.77. The third kappa shape index (κ3) is 3.64. The van der Waals surface area contributed by atoms with Gasteiger partial charge in [0.1, 0.15) is 5.75 Å². The number of nitrogens with zero attached hydrogens (tertiary/aromatic N) is 1. The van der Waals surface area contributed by atoms with Gasteiger partial charge < -0.3 is 10.1 Å². The molecule has 0 saturated carbocycles. The van der Waals surface area contributed by atoms with Crippen molar-refractivity contribution in [2.45, 2.75) is 39.5 Å². The molecule has 3 heteroatoms. The minimum atomic E-state index is -0.252. The van der Waals surface area contributed by atoms with Crippen molar-refractivity contribution in [3.05, 3.63) is 23.8 Å². The molecular weight excluding hydrogens is 236 g/mol. The first-order valence-corrected chi connectivity index (χ1v) is 7.02. The number of fused-ring (bicyclic) bond motifs is 1. The number of ether oxygens (including phenoxy) is 1. The summed E-state index contributed by atoms with van der Waals surface area (Å²) in [4.78, 5) is 0. The number of benzene rings is 1. The van der Waals surface area contributed by atoms with Gasteiger partial charge in [-0.3, -0.25) is 0 Å². The fourth-order valence-electron chi connectivity index (χ4n) is 2.35. The van der Waals surface area contributed by atoms with Crippen molar-refractivity contribution in [3.63, 3.8) is 0 Å². The Balaban J connectivity index is 1.89. The van der Waals surface area contributed by atoms with Gasteiger partial charge in [-0.05, 0) is 51.2 Å². The van der Waals surface area contributed by atoms with Crippen LogP contribution in [-0.4, -0.2) is 13.2 Å². The van der Waals surface area contributed by atoms with Crippen LogP contribution in [0.25, 0.3) is 0 Å². The molecular formula is C16H22N2O. The summed E-state index contributed by atoms with van der Waals surface area (Å²) in [6.45, 7) is 5.63. The molecule has 1 aliphatic rings. The molecule has 0 unspecified atom stereocenters. The van der Waals surface area contributed by atoms with Crippen LogP contribution in [0.5, 0.6) is 5.75 Å². The molecule has 1 N–H and O–H groups in total. The summed E-state index contributed by atoms with van der Waals surface area (Å²) < 4.78 is 5.87. The normalized spacial score (nSPS) is 14.2. The number of rotatable bonds is 5. The van der Waals surface area contributed by atoms with Gasteiger partial charge in [0.2, 0.25) is 0 Å². The molecule has 1 aromatic carbocycles. The first-order valence-electron chi connectivity index (χ1n) is 7.02. The zero-order valence-electron chi connectivity index (χ0n) is 11.8. The zero-order chi connectivity index (χ0) is 13.7. The zero-order valence-corrected chi connectivity index (χ0v) is 11.8. The van der Waals surface area contributed by atoms with Gasteiger partial charge in [0.05, 0.1) is 23.8 Å². The van der Waals surface area contributed by atoms with E-state index in [0.717, 1.165) is 37.2 Å². The Morgan fingerprint density at radius 2 is 2.26 bits per heavy atom. The maximum absolute atomic E-state index is 8.97. The van der Waals surface area contributed by atoms with Gasteiger partial charge in [0, 0.05) is 6.54 Å². The molecule has 0 saturated heterocycles. The Kier molecular flexibility index (Phi) is 4.31. The molecule has 0 bridgehead atoms. The Labute approximate surface area is 115 Å². The number of hydrogen-bond donors (Lipinski definition) is 1. The van der Waals surface area contributed by atoms with Crippen LogP contribution in [0, 0.1) is 16.7 Å². The number of nitrogens with one attached hydrogen (secondary N) is 1. The summed E-state index contributed by atoms with van der Waals surface area (Å²) >= 11 is 0. The largest absolute Gasteiger partial charge is 0.491 e. The van der Waals surface area contributed by atoms with Crippen LogP contribution in [0.3, 0.4) is 0 Å². The minimum absolute atomic E-state index is 0.252. The van der Waals surface area contributed by atoms with E-state index >= 15 is 0 Å². The average molecular weight is 258 g/mol. The summed E-state index contributed by atoms with van der Waals surface area (Å²) in [5, 5.41) is 12.4. The van der Waals surface area contributed by atoms with E-state index in [1.54, 1.807) is 0 Å². The highest BCUT2D eigenvalue weighted by Crippen LogP contribution is 2.32. The Bertz CT molecular complexity index is 474. The number of para-hydroxylation sites is 1. The van der Waals surface area contributed by atoms with Crippen molar-refractivity contribution in [1.29, 1.82) is 5.26 Å². The standard InChI is InChI=1S/C16H22N2O/c1-16(2,12-17)9-5-11-19-14-8-3-6-13-7-4-10-18-15(13)14/h3,6,8,18H,4-5,7,9-11H2,1-2H3. The second-order valence-corrected chi connectivity index (χ2v) is 5.77. The summed E-state index contributed by atoms with van der Waals surface area (Å²) in [7, 11) is 0. The predicted molar refractivity (Wildman–Crippen MR) is 77.4 cm³/mol. The minimum Gasteiger partial charge on any atom is -0.491 e. The maximum Gasteiger partial charge on any atom is 0.142 e. The van der Waals surface area contributed by atoms with E-state index in [-0.39, 0.29) is 5.41 Å². The van der Waals surface area contributed by atoms with Crippen molar-refractivity contribution in [1.82, 2.24) is 0 Å². The van der Waals surface area contributed by atoms with E-state index in [9.17, 15) is 0 Å². The lowest BCUT2D eigenvalue weighted by Gasteiger charge is -2.21. The molecule has 0 amide bonds. The summed E-state index contributed by atoms with van der Waals surface area (Å²) in [6, 6.07) is 8.56. The molecule has 0 aliphatic carbocycles. The SMILES string of the molecule is CC(C)(C#N)CCCOc1cccc2c1NCCC2. The third-order valence-corrected chi connectivity index (χ3v) is 3.54. The molecule has 2 rings (SSSR count). The van der Waals surface area contributed by atoms with Gasteiger partial charge in [0.15, 0.2) is 0 Å². The molecule has 0 aromatic heterocycles. The van der Waals surface area contributed by atoms with Crippen molar-refractivity contribution >= 4 is 5.69 Å². The van der Waals surface area contributed by atoms with Crippen LogP contribution >= 0.6 is 0 Å². The molecule has 19 heavy (non-hydrogen) atoms. The lowest BCUT2D eigenvalue weighted by Crippen LogP contribution is -2.14. The number of nitriles is 1. The van der Waals surface area contributed by atoms with Gasteiger partial charge in [-0.2, -0.15) is 5.26 Å². The summed E-state index contributed by atoms with van der Waals surface area (Å²) in [5.74, 6) is 0.951. The maximum atomic E-state index is 8.97. The van der Waals surface area contributed by atoms with Crippen LogP contribution < -0.4 is 10.1 Å². The molecule has 102 valence electrons. The van der Waals surface area contributed by atoms with Crippen LogP contribution in [0.15, 0.2) is 18.2 Å². The number of hydrogen-bond acceptors (Lipinski definition) is 3. The quantitative estimate of drug-likeness (QED) is 0.818. The Morgan fingerprint density at radius 3 is 3.05 bits per heavy atom. The first-order chi connectivity index (χ1) is 9.12. The summed E-state index contributed by atoms with van der Waals surface area (Å²) in [6.07, 6.45) is 4.09. The lowest BCUT2D eigenvalue weighted by atomic mass is 9.90. The van der Waals surface area contributed by atoms with Gasteiger partial charge >= 0.3 is 0 Å². The van der Waals surface area contributed by atoms with E-state index in [1.807, 2.05) is 19.9 Å². The van der Waals surface area contributed by atoms with Gasteiger partial charge in [-0.15, -0.1) is 0 Å². The van der Waals surface area contributed by atoms with E-state index in [0.29, 0.717) is 6.61 Å². The van der Waals surface area contributed by atoms with E-state index in [4.69, 9.17) is 10.00 Å². The highest BCUT2D eigenvalue weighted by molar-refractivity contribution is 5.63. The van der Waals surface area contributed by atoms with Crippen LogP contribution in [0.2, 0.25) is 0 Å². The van der Waals surface area contributed by atoms with Crippen molar-refractivity contribution in [2.24, 2.45) is 5.41 Å². The summed E-state index contributed by atoms with van der Waals surface area (Å²) in [5.41, 5.74) is 2.26. The molecule has 0 atom stereocenters. The van der Waals surface area contributed by atoms with Gasteiger partial charge in [-0.25, -0.2) is 0 Å². The van der Waals surface area contributed by atoms with Crippen molar-refractivity contribution < 1.29 is 4.74 Å². The van der Waals surface area contributed by atoms with Gasteiger partial charge in [0.25, 0.3) is 0 Å². The van der Waals surface area contributed by atoms with E-state index in [1.165, 1.54) is 12.0 Å². The Morgan fingerprint density at radius 1 is 1.42 bits per heavy atom.